The predicted octanol–water partition coefficient (Wildman–Crippen LogP) is 3.23. The van der Waals surface area contributed by atoms with Crippen LogP contribution in [0.25, 0.3) is 0 Å². The van der Waals surface area contributed by atoms with Gasteiger partial charge in [-0.25, -0.2) is 4.98 Å². The van der Waals surface area contributed by atoms with Gasteiger partial charge in [0.05, 0.1) is 18.1 Å². The van der Waals surface area contributed by atoms with E-state index in [-0.39, 0.29) is 0 Å². The van der Waals surface area contributed by atoms with Crippen LogP contribution < -0.4 is 10.1 Å². The van der Waals surface area contributed by atoms with Gasteiger partial charge in [0.25, 0.3) is 0 Å². The summed E-state index contributed by atoms with van der Waals surface area (Å²) in [7, 11) is 1.67. The fourth-order valence-corrected chi connectivity index (χ4v) is 3.16. The van der Waals surface area contributed by atoms with Crippen molar-refractivity contribution in [2.75, 3.05) is 7.11 Å². The Kier molecular flexibility index (Phi) is 4.79. The summed E-state index contributed by atoms with van der Waals surface area (Å²) in [5, 5.41) is 3.32. The largest absolute Gasteiger partial charge is 0.495 e. The number of H-pyrrole nitrogens is 1. The van der Waals surface area contributed by atoms with Crippen molar-refractivity contribution >= 4 is 31.9 Å². The van der Waals surface area contributed by atoms with E-state index in [1.165, 1.54) is 0 Å². The molecule has 1 aromatic heterocycles. The summed E-state index contributed by atoms with van der Waals surface area (Å²) < 4.78 is 7.35. The standard InChI is InChI=1S/C12H13Br2N3O/c1-18-12-8(4-9(13)5-10(12)14)6-15-7-11-16-2-3-17-11/h2-5,15H,6-7H2,1H3,(H,16,17). The van der Waals surface area contributed by atoms with E-state index in [9.17, 15) is 0 Å². The number of rotatable bonds is 5. The van der Waals surface area contributed by atoms with Gasteiger partial charge in [0.2, 0.25) is 0 Å². The summed E-state index contributed by atoms with van der Waals surface area (Å²) in [5.74, 6) is 1.77. The third kappa shape index (κ3) is 3.34. The van der Waals surface area contributed by atoms with Crippen LogP contribution in [-0.4, -0.2) is 17.1 Å². The molecule has 2 N–H and O–H groups in total. The van der Waals surface area contributed by atoms with Crippen molar-refractivity contribution in [3.05, 3.63) is 44.9 Å². The van der Waals surface area contributed by atoms with E-state index in [1.807, 2.05) is 18.3 Å². The lowest BCUT2D eigenvalue weighted by atomic mass is 10.2. The minimum Gasteiger partial charge on any atom is -0.495 e. The van der Waals surface area contributed by atoms with Gasteiger partial charge in [0, 0.05) is 29.0 Å². The molecule has 0 saturated carbocycles. The van der Waals surface area contributed by atoms with Crippen LogP contribution in [0.15, 0.2) is 33.5 Å². The molecule has 96 valence electrons. The van der Waals surface area contributed by atoms with Crippen LogP contribution in [0, 0.1) is 0 Å². The van der Waals surface area contributed by atoms with Crippen LogP contribution in [0.2, 0.25) is 0 Å². The molecule has 6 heteroatoms. The lowest BCUT2D eigenvalue weighted by molar-refractivity contribution is 0.404. The molecule has 0 saturated heterocycles. The van der Waals surface area contributed by atoms with E-state index in [0.717, 1.165) is 26.1 Å². The van der Waals surface area contributed by atoms with Crippen molar-refractivity contribution in [1.82, 2.24) is 15.3 Å². The van der Waals surface area contributed by atoms with E-state index in [2.05, 4.69) is 47.1 Å². The van der Waals surface area contributed by atoms with Crippen LogP contribution >= 0.6 is 31.9 Å². The van der Waals surface area contributed by atoms with Crippen molar-refractivity contribution in [1.29, 1.82) is 0 Å². The van der Waals surface area contributed by atoms with Gasteiger partial charge >= 0.3 is 0 Å². The summed E-state index contributed by atoms with van der Waals surface area (Å²) in [6.45, 7) is 1.40. The minimum absolute atomic E-state index is 0.695. The number of hydrogen-bond donors (Lipinski definition) is 2. The highest BCUT2D eigenvalue weighted by Gasteiger charge is 2.09. The fourth-order valence-electron chi connectivity index (χ4n) is 1.68. The van der Waals surface area contributed by atoms with Gasteiger partial charge in [-0.3, -0.25) is 0 Å². The molecule has 0 bridgehead atoms. The van der Waals surface area contributed by atoms with Gasteiger partial charge in [-0.05, 0) is 28.1 Å². The first-order chi connectivity index (χ1) is 8.70. The molecular weight excluding hydrogens is 362 g/mol. The Balaban J connectivity index is 2.04. The lowest BCUT2D eigenvalue weighted by Crippen LogP contribution is -2.14. The number of nitrogens with zero attached hydrogens (tertiary/aromatic N) is 1. The number of benzene rings is 1. The highest BCUT2D eigenvalue weighted by Crippen LogP contribution is 2.32. The summed E-state index contributed by atoms with van der Waals surface area (Å²) in [6.07, 6.45) is 3.56. The molecule has 0 aliphatic carbocycles. The minimum atomic E-state index is 0.695. The monoisotopic (exact) mass is 373 g/mol. The molecule has 0 aliphatic heterocycles. The Morgan fingerprint density at radius 3 is 2.83 bits per heavy atom. The van der Waals surface area contributed by atoms with Crippen molar-refractivity contribution < 1.29 is 4.74 Å². The summed E-state index contributed by atoms with van der Waals surface area (Å²) in [5.41, 5.74) is 1.09. The van der Waals surface area contributed by atoms with Gasteiger partial charge in [-0.15, -0.1) is 0 Å². The topological polar surface area (TPSA) is 49.9 Å². The summed E-state index contributed by atoms with van der Waals surface area (Å²) in [6, 6.07) is 4.01. The number of imidazole rings is 1. The Morgan fingerprint density at radius 1 is 1.33 bits per heavy atom. The van der Waals surface area contributed by atoms with Crippen LogP contribution in [0.5, 0.6) is 5.75 Å². The SMILES string of the molecule is COc1c(Br)cc(Br)cc1CNCc1ncc[nH]1. The van der Waals surface area contributed by atoms with Gasteiger partial charge < -0.3 is 15.0 Å². The van der Waals surface area contributed by atoms with E-state index in [0.29, 0.717) is 13.1 Å². The molecule has 0 unspecified atom stereocenters. The molecule has 18 heavy (non-hydrogen) atoms. The molecule has 0 fully saturated rings. The second-order valence-electron chi connectivity index (χ2n) is 3.72. The Morgan fingerprint density at radius 2 is 2.17 bits per heavy atom. The molecule has 2 rings (SSSR count). The molecule has 0 aliphatic rings. The van der Waals surface area contributed by atoms with E-state index in [4.69, 9.17) is 4.74 Å². The third-order valence-electron chi connectivity index (χ3n) is 2.45. The lowest BCUT2D eigenvalue weighted by Gasteiger charge is -2.11. The second kappa shape index (κ2) is 6.36. The van der Waals surface area contributed by atoms with Crippen molar-refractivity contribution in [3.63, 3.8) is 0 Å². The highest BCUT2D eigenvalue weighted by atomic mass is 79.9. The number of aromatic amines is 1. The number of nitrogens with one attached hydrogen (secondary N) is 2. The van der Waals surface area contributed by atoms with Crippen molar-refractivity contribution in [2.45, 2.75) is 13.1 Å². The first-order valence-corrected chi connectivity index (χ1v) is 7.00. The zero-order valence-corrected chi connectivity index (χ0v) is 13.0. The van der Waals surface area contributed by atoms with Crippen molar-refractivity contribution in [2.24, 2.45) is 0 Å². The fraction of sp³-hybridized carbons (Fsp3) is 0.250. The first-order valence-electron chi connectivity index (χ1n) is 5.41. The second-order valence-corrected chi connectivity index (χ2v) is 5.49. The number of hydrogen-bond acceptors (Lipinski definition) is 3. The van der Waals surface area contributed by atoms with Gasteiger partial charge in [0.1, 0.15) is 11.6 Å². The molecular formula is C12H13Br2N3O. The predicted molar refractivity (Wildman–Crippen MR) is 77.5 cm³/mol. The quantitative estimate of drug-likeness (QED) is 0.844. The zero-order chi connectivity index (χ0) is 13.0. The Labute approximate surface area is 122 Å². The third-order valence-corrected chi connectivity index (χ3v) is 3.50. The van der Waals surface area contributed by atoms with Crippen LogP contribution in [0.4, 0.5) is 0 Å². The highest BCUT2D eigenvalue weighted by molar-refractivity contribution is 9.11. The molecule has 0 radical (unpaired) electrons. The van der Waals surface area contributed by atoms with Crippen LogP contribution in [-0.2, 0) is 13.1 Å². The molecule has 0 atom stereocenters. The number of halogens is 2. The zero-order valence-electron chi connectivity index (χ0n) is 9.84. The van der Waals surface area contributed by atoms with Crippen LogP contribution in [0.3, 0.4) is 0 Å². The molecule has 2 aromatic rings. The average molecular weight is 375 g/mol. The molecule has 1 heterocycles. The first kappa shape index (κ1) is 13.6. The Hall–Kier alpha value is -0.850. The molecule has 0 spiro atoms. The molecule has 0 amide bonds. The normalized spacial score (nSPS) is 10.6. The average Bonchev–Trinajstić information content (AvgIpc) is 2.81. The number of ether oxygens (including phenoxy) is 1. The van der Waals surface area contributed by atoms with Crippen LogP contribution in [0.1, 0.15) is 11.4 Å². The summed E-state index contributed by atoms with van der Waals surface area (Å²) in [4.78, 5) is 7.21. The molecule has 4 nitrogen and oxygen atoms in total. The Bertz CT molecular complexity index is 514. The van der Waals surface area contributed by atoms with Gasteiger partial charge in [-0.2, -0.15) is 0 Å². The maximum atomic E-state index is 5.39. The maximum Gasteiger partial charge on any atom is 0.137 e. The molecule has 1 aromatic carbocycles. The maximum absolute atomic E-state index is 5.39. The van der Waals surface area contributed by atoms with E-state index >= 15 is 0 Å². The van der Waals surface area contributed by atoms with Crippen molar-refractivity contribution in [3.8, 4) is 5.75 Å². The van der Waals surface area contributed by atoms with E-state index in [1.54, 1.807) is 13.3 Å². The number of aromatic nitrogens is 2. The summed E-state index contributed by atoms with van der Waals surface area (Å²) >= 11 is 6.96. The van der Waals surface area contributed by atoms with E-state index < -0.39 is 0 Å². The smallest absolute Gasteiger partial charge is 0.137 e. The number of methoxy groups -OCH3 is 1. The van der Waals surface area contributed by atoms with Gasteiger partial charge in [-0.1, -0.05) is 15.9 Å². The van der Waals surface area contributed by atoms with Gasteiger partial charge in [0.15, 0.2) is 0 Å².